The van der Waals surface area contributed by atoms with Crippen molar-refractivity contribution in [2.24, 2.45) is 0 Å². The Morgan fingerprint density at radius 3 is 2.77 bits per heavy atom. The van der Waals surface area contributed by atoms with Gasteiger partial charge in [0.05, 0.1) is 0 Å². The molecule has 0 aliphatic heterocycles. The second kappa shape index (κ2) is 6.90. The van der Waals surface area contributed by atoms with Gasteiger partial charge >= 0.3 is 11.9 Å². The summed E-state index contributed by atoms with van der Waals surface area (Å²) in [4.78, 5) is 25.7. The van der Waals surface area contributed by atoms with Gasteiger partial charge in [0.2, 0.25) is 0 Å². The Balaban J connectivity index is 1.86. The van der Waals surface area contributed by atoms with E-state index in [9.17, 15) is 14.9 Å². The number of aromatic nitrogens is 2. The summed E-state index contributed by atoms with van der Waals surface area (Å²) in [7, 11) is 0. The predicted molar refractivity (Wildman–Crippen MR) is 80.0 cm³/mol. The maximum atomic E-state index is 11.6. The standard InChI is InChI=1S/C13H13ClN4O4/c1-9-15-8-12(18(20)21)17(9)6-7-22-13(19)16-11-4-2-10(14)3-5-11/h2-5,8H,6-7H2,1H3,(H,16,19). The van der Waals surface area contributed by atoms with Gasteiger partial charge in [-0.05, 0) is 29.2 Å². The minimum atomic E-state index is -0.650. The van der Waals surface area contributed by atoms with E-state index < -0.39 is 11.0 Å². The van der Waals surface area contributed by atoms with Gasteiger partial charge in [-0.25, -0.2) is 14.3 Å². The van der Waals surface area contributed by atoms with Gasteiger partial charge in [-0.2, -0.15) is 0 Å². The number of anilines is 1. The van der Waals surface area contributed by atoms with Crippen LogP contribution in [0.2, 0.25) is 5.02 Å². The van der Waals surface area contributed by atoms with Crippen LogP contribution in [-0.4, -0.2) is 27.2 Å². The van der Waals surface area contributed by atoms with Crippen LogP contribution in [0.1, 0.15) is 5.82 Å². The molecule has 0 spiro atoms. The van der Waals surface area contributed by atoms with E-state index in [1.165, 1.54) is 10.8 Å². The van der Waals surface area contributed by atoms with Crippen molar-refractivity contribution >= 4 is 29.2 Å². The Morgan fingerprint density at radius 2 is 2.14 bits per heavy atom. The Bertz CT molecular complexity index is 684. The van der Waals surface area contributed by atoms with Gasteiger partial charge in [-0.1, -0.05) is 11.6 Å². The van der Waals surface area contributed by atoms with Crippen molar-refractivity contribution in [2.75, 3.05) is 11.9 Å². The van der Waals surface area contributed by atoms with E-state index in [4.69, 9.17) is 16.3 Å². The molecule has 0 radical (unpaired) electrons. The number of ether oxygens (including phenoxy) is 1. The van der Waals surface area contributed by atoms with Gasteiger partial charge in [0.1, 0.15) is 19.3 Å². The Kier molecular flexibility index (Phi) is 4.95. The van der Waals surface area contributed by atoms with Gasteiger partial charge in [-0.15, -0.1) is 0 Å². The molecule has 1 amide bonds. The van der Waals surface area contributed by atoms with Crippen molar-refractivity contribution in [1.82, 2.24) is 9.55 Å². The lowest BCUT2D eigenvalue weighted by molar-refractivity contribution is -0.392. The number of nitrogens with zero attached hydrogens (tertiary/aromatic N) is 3. The fourth-order valence-electron chi connectivity index (χ4n) is 1.80. The maximum absolute atomic E-state index is 11.6. The summed E-state index contributed by atoms with van der Waals surface area (Å²) >= 11 is 5.74. The third kappa shape index (κ3) is 3.95. The smallest absolute Gasteiger partial charge is 0.411 e. The number of rotatable bonds is 5. The average Bonchev–Trinajstić information content (AvgIpc) is 2.83. The summed E-state index contributed by atoms with van der Waals surface area (Å²) in [6.45, 7) is 1.77. The molecule has 1 aromatic carbocycles. The van der Waals surface area contributed by atoms with E-state index in [0.29, 0.717) is 16.5 Å². The highest BCUT2D eigenvalue weighted by Gasteiger charge is 2.17. The molecule has 1 heterocycles. The van der Waals surface area contributed by atoms with E-state index in [-0.39, 0.29) is 19.0 Å². The summed E-state index contributed by atoms with van der Waals surface area (Å²) in [6, 6.07) is 6.54. The highest BCUT2D eigenvalue weighted by Crippen LogP contribution is 2.14. The van der Waals surface area contributed by atoms with Gasteiger partial charge in [0.25, 0.3) is 0 Å². The van der Waals surface area contributed by atoms with Crippen LogP contribution in [0.5, 0.6) is 0 Å². The molecule has 0 aliphatic carbocycles. The molecule has 1 aromatic heterocycles. The van der Waals surface area contributed by atoms with Crippen LogP contribution < -0.4 is 5.32 Å². The molecule has 0 atom stereocenters. The molecule has 0 aliphatic rings. The Labute approximate surface area is 130 Å². The van der Waals surface area contributed by atoms with Gasteiger partial charge in [0, 0.05) is 17.6 Å². The van der Waals surface area contributed by atoms with E-state index in [1.807, 2.05) is 0 Å². The number of aryl methyl sites for hydroxylation is 1. The molecule has 8 nitrogen and oxygen atoms in total. The van der Waals surface area contributed by atoms with Crippen molar-refractivity contribution in [3.8, 4) is 0 Å². The molecule has 22 heavy (non-hydrogen) atoms. The fraction of sp³-hybridized carbons (Fsp3) is 0.231. The minimum absolute atomic E-state index is 0.0164. The SMILES string of the molecule is Cc1ncc([N+](=O)[O-])n1CCOC(=O)Nc1ccc(Cl)cc1. The second-order valence-corrected chi connectivity index (χ2v) is 4.78. The monoisotopic (exact) mass is 324 g/mol. The maximum Gasteiger partial charge on any atom is 0.411 e. The van der Waals surface area contributed by atoms with Gasteiger partial charge in [-0.3, -0.25) is 5.32 Å². The molecule has 0 saturated heterocycles. The summed E-state index contributed by atoms with van der Waals surface area (Å²) in [5.41, 5.74) is 0.541. The molecular weight excluding hydrogens is 312 g/mol. The number of imidazole rings is 1. The first-order chi connectivity index (χ1) is 10.5. The fourth-order valence-corrected chi connectivity index (χ4v) is 1.92. The molecular formula is C13H13ClN4O4. The molecule has 0 fully saturated rings. The number of carbonyl (C=O) groups is 1. The number of halogens is 1. The molecule has 9 heteroatoms. The zero-order valence-electron chi connectivity index (χ0n) is 11.7. The number of nitrogens with one attached hydrogen (secondary N) is 1. The normalized spacial score (nSPS) is 10.3. The molecule has 2 rings (SSSR count). The van der Waals surface area contributed by atoms with Crippen LogP contribution in [0.25, 0.3) is 0 Å². The molecule has 0 unspecified atom stereocenters. The Morgan fingerprint density at radius 1 is 1.45 bits per heavy atom. The van der Waals surface area contributed by atoms with Gasteiger partial charge in [0.15, 0.2) is 5.82 Å². The summed E-state index contributed by atoms with van der Waals surface area (Å²) < 4.78 is 6.36. The number of nitro groups is 1. The first-order valence-electron chi connectivity index (χ1n) is 6.33. The lowest BCUT2D eigenvalue weighted by Gasteiger charge is -2.07. The van der Waals surface area contributed by atoms with E-state index in [1.54, 1.807) is 31.2 Å². The Hall–Kier alpha value is -2.61. The van der Waals surface area contributed by atoms with Crippen LogP contribution in [0.15, 0.2) is 30.5 Å². The van der Waals surface area contributed by atoms with Crippen molar-refractivity contribution in [2.45, 2.75) is 13.5 Å². The summed E-state index contributed by atoms with van der Waals surface area (Å²) in [5.74, 6) is 0.340. The number of amides is 1. The van der Waals surface area contributed by atoms with Crippen LogP contribution in [0, 0.1) is 17.0 Å². The topological polar surface area (TPSA) is 99.3 Å². The first kappa shape index (κ1) is 15.8. The molecule has 1 N–H and O–H groups in total. The largest absolute Gasteiger partial charge is 0.445 e. The molecule has 0 saturated carbocycles. The van der Waals surface area contributed by atoms with Crippen molar-refractivity contribution < 1.29 is 14.5 Å². The number of hydrogen-bond acceptors (Lipinski definition) is 5. The van der Waals surface area contributed by atoms with Gasteiger partial charge < -0.3 is 14.9 Å². The number of benzene rings is 1. The van der Waals surface area contributed by atoms with Crippen LogP contribution in [0.3, 0.4) is 0 Å². The van der Waals surface area contributed by atoms with E-state index in [2.05, 4.69) is 10.3 Å². The minimum Gasteiger partial charge on any atom is -0.445 e. The molecule has 2 aromatic rings. The average molecular weight is 325 g/mol. The number of hydrogen-bond donors (Lipinski definition) is 1. The lowest BCUT2D eigenvalue weighted by Crippen LogP contribution is -2.18. The third-order valence-corrected chi connectivity index (χ3v) is 3.11. The van der Waals surface area contributed by atoms with Crippen LogP contribution in [0.4, 0.5) is 16.3 Å². The molecule has 0 bridgehead atoms. The van der Waals surface area contributed by atoms with Crippen LogP contribution >= 0.6 is 11.6 Å². The number of carbonyl (C=O) groups excluding carboxylic acids is 1. The molecule has 116 valence electrons. The van der Waals surface area contributed by atoms with E-state index >= 15 is 0 Å². The first-order valence-corrected chi connectivity index (χ1v) is 6.71. The second-order valence-electron chi connectivity index (χ2n) is 4.34. The van der Waals surface area contributed by atoms with Crippen molar-refractivity contribution in [1.29, 1.82) is 0 Å². The zero-order valence-corrected chi connectivity index (χ0v) is 12.4. The van der Waals surface area contributed by atoms with Crippen LogP contribution in [-0.2, 0) is 11.3 Å². The third-order valence-electron chi connectivity index (χ3n) is 2.86. The van der Waals surface area contributed by atoms with E-state index in [0.717, 1.165) is 0 Å². The van der Waals surface area contributed by atoms with Crippen molar-refractivity contribution in [3.05, 3.63) is 51.4 Å². The summed E-state index contributed by atoms with van der Waals surface area (Å²) in [6.07, 6.45) is 0.520. The highest BCUT2D eigenvalue weighted by atomic mass is 35.5. The highest BCUT2D eigenvalue weighted by molar-refractivity contribution is 6.30. The summed E-state index contributed by atoms with van der Waals surface area (Å²) in [5, 5.41) is 13.9. The zero-order chi connectivity index (χ0) is 16.1. The van der Waals surface area contributed by atoms with Crippen molar-refractivity contribution in [3.63, 3.8) is 0 Å². The quantitative estimate of drug-likeness (QED) is 0.673. The lowest BCUT2D eigenvalue weighted by atomic mass is 10.3. The predicted octanol–water partition coefficient (Wildman–Crippen LogP) is 3.00.